The maximum atomic E-state index is 11.4. The summed E-state index contributed by atoms with van der Waals surface area (Å²) in [7, 11) is 2.03. The highest BCUT2D eigenvalue weighted by Crippen LogP contribution is 2.34. The first-order valence-electron chi connectivity index (χ1n) is 6.12. The molecule has 98 valence electrons. The molecular weight excluding hydrogens is 228 g/mol. The van der Waals surface area contributed by atoms with Gasteiger partial charge in [0.15, 0.2) is 6.10 Å². The number of carbonyl (C=O) groups excluding carboxylic acids is 1. The predicted molar refractivity (Wildman–Crippen MR) is 72.8 cm³/mol. The minimum absolute atomic E-state index is 0.205. The number of carbonyl (C=O) groups is 1. The van der Waals surface area contributed by atoms with E-state index >= 15 is 0 Å². The van der Waals surface area contributed by atoms with Gasteiger partial charge in [0.25, 0.3) is 5.91 Å². The number of amides is 1. The van der Waals surface area contributed by atoms with Crippen molar-refractivity contribution in [2.24, 2.45) is 5.41 Å². The topological polar surface area (TPSA) is 52.6 Å². The van der Waals surface area contributed by atoms with Crippen molar-refractivity contribution < 1.29 is 9.90 Å². The zero-order valence-electron chi connectivity index (χ0n) is 11.3. The van der Waals surface area contributed by atoms with Crippen molar-refractivity contribution in [2.45, 2.75) is 26.9 Å². The van der Waals surface area contributed by atoms with Crippen LogP contribution in [-0.2, 0) is 4.79 Å². The van der Waals surface area contributed by atoms with E-state index in [0.29, 0.717) is 11.3 Å². The van der Waals surface area contributed by atoms with Crippen LogP contribution < -0.4 is 10.2 Å². The second kappa shape index (κ2) is 4.28. The monoisotopic (exact) mass is 248 g/mol. The number of rotatable bonds is 2. The predicted octanol–water partition coefficient (Wildman–Crippen LogP) is 2.15. The number of nitrogens with zero attached hydrogens (tertiary/aromatic N) is 1. The number of hydrogen-bond donors (Lipinski definition) is 2. The molecule has 0 aliphatic carbocycles. The Morgan fingerprint density at radius 2 is 2.06 bits per heavy atom. The van der Waals surface area contributed by atoms with Crippen LogP contribution in [0.25, 0.3) is 0 Å². The van der Waals surface area contributed by atoms with Crippen LogP contribution in [0.4, 0.5) is 11.4 Å². The van der Waals surface area contributed by atoms with Crippen molar-refractivity contribution in [3.63, 3.8) is 0 Å². The summed E-state index contributed by atoms with van der Waals surface area (Å²) >= 11 is 0. The Hall–Kier alpha value is -1.55. The molecule has 0 radical (unpaired) electrons. The Balaban J connectivity index is 2.23. The molecule has 0 bridgehead atoms. The Labute approximate surface area is 108 Å². The Morgan fingerprint density at radius 1 is 1.39 bits per heavy atom. The summed E-state index contributed by atoms with van der Waals surface area (Å²) in [5, 5.41) is 12.3. The summed E-state index contributed by atoms with van der Waals surface area (Å²) in [4.78, 5) is 13.5. The van der Waals surface area contributed by atoms with Crippen LogP contribution in [-0.4, -0.2) is 24.6 Å². The zero-order valence-corrected chi connectivity index (χ0v) is 11.3. The molecule has 1 aromatic rings. The lowest BCUT2D eigenvalue weighted by Gasteiger charge is -2.28. The average Bonchev–Trinajstić information content (AvgIpc) is 2.52. The Morgan fingerprint density at radius 3 is 2.67 bits per heavy atom. The van der Waals surface area contributed by atoms with Crippen molar-refractivity contribution in [3.8, 4) is 0 Å². The van der Waals surface area contributed by atoms with E-state index in [1.54, 1.807) is 0 Å². The molecule has 0 aromatic heterocycles. The fraction of sp³-hybridized carbons (Fsp3) is 0.500. The summed E-state index contributed by atoms with van der Waals surface area (Å²) in [6, 6.07) is 5.66. The van der Waals surface area contributed by atoms with Crippen LogP contribution in [0, 0.1) is 5.41 Å². The van der Waals surface area contributed by atoms with Crippen molar-refractivity contribution in [1.29, 1.82) is 0 Å². The zero-order chi connectivity index (χ0) is 13.5. The van der Waals surface area contributed by atoms with E-state index in [1.165, 1.54) is 0 Å². The van der Waals surface area contributed by atoms with Crippen molar-refractivity contribution in [3.05, 3.63) is 23.8 Å². The van der Waals surface area contributed by atoms with Gasteiger partial charge in [-0.05, 0) is 17.5 Å². The molecule has 0 spiro atoms. The number of anilines is 2. The normalized spacial score (nSPS) is 18.5. The van der Waals surface area contributed by atoms with E-state index in [4.69, 9.17) is 0 Å². The number of benzene rings is 1. The molecule has 4 nitrogen and oxygen atoms in total. The summed E-state index contributed by atoms with van der Waals surface area (Å²) in [6.07, 6.45) is -1.03. The summed E-state index contributed by atoms with van der Waals surface area (Å²) in [5.74, 6) is -0.347. The number of hydrogen-bond acceptors (Lipinski definition) is 3. The maximum Gasteiger partial charge on any atom is 0.257 e. The smallest absolute Gasteiger partial charge is 0.257 e. The molecular formula is C14H20N2O2. The SMILES string of the molecule is CN(CC(C)(C)C)c1ccc2c(c1)NC(=O)C2O. The van der Waals surface area contributed by atoms with Crippen molar-refractivity contribution >= 4 is 17.3 Å². The second-order valence-corrected chi connectivity index (χ2v) is 6.08. The standard InChI is InChI=1S/C14H20N2O2/c1-14(2,3)8-16(4)9-5-6-10-11(7-9)15-13(18)12(10)17/h5-7,12,17H,8H2,1-4H3,(H,15,18). The van der Waals surface area contributed by atoms with Gasteiger partial charge in [0.05, 0.1) is 0 Å². The summed E-state index contributed by atoms with van der Waals surface area (Å²) < 4.78 is 0. The van der Waals surface area contributed by atoms with Crippen molar-refractivity contribution in [2.75, 3.05) is 23.8 Å². The molecule has 2 N–H and O–H groups in total. The molecule has 1 atom stereocenters. The minimum Gasteiger partial charge on any atom is -0.378 e. The fourth-order valence-corrected chi connectivity index (χ4v) is 2.27. The minimum atomic E-state index is -1.03. The highest BCUT2D eigenvalue weighted by atomic mass is 16.3. The molecule has 4 heteroatoms. The van der Waals surface area contributed by atoms with Crippen LogP contribution in [0.5, 0.6) is 0 Å². The van der Waals surface area contributed by atoms with Crippen LogP contribution in [0.1, 0.15) is 32.4 Å². The first-order valence-corrected chi connectivity index (χ1v) is 6.12. The Bertz CT molecular complexity index is 477. The largest absolute Gasteiger partial charge is 0.378 e. The highest BCUT2D eigenvalue weighted by molar-refractivity contribution is 6.02. The molecule has 1 unspecified atom stereocenters. The van der Waals surface area contributed by atoms with Crippen LogP contribution in [0.15, 0.2) is 18.2 Å². The fourth-order valence-electron chi connectivity index (χ4n) is 2.27. The molecule has 1 aliphatic rings. The van der Waals surface area contributed by atoms with E-state index < -0.39 is 6.10 Å². The van der Waals surface area contributed by atoms with E-state index in [9.17, 15) is 9.90 Å². The lowest BCUT2D eigenvalue weighted by Crippen LogP contribution is -2.29. The van der Waals surface area contributed by atoms with Gasteiger partial charge in [-0.25, -0.2) is 0 Å². The lowest BCUT2D eigenvalue weighted by molar-refractivity contribution is -0.123. The van der Waals surface area contributed by atoms with E-state index in [0.717, 1.165) is 12.2 Å². The van der Waals surface area contributed by atoms with Gasteiger partial charge in [-0.15, -0.1) is 0 Å². The van der Waals surface area contributed by atoms with Gasteiger partial charge in [-0.2, -0.15) is 0 Å². The first-order chi connectivity index (χ1) is 8.28. The molecule has 1 aliphatic heterocycles. The van der Waals surface area contributed by atoms with Crippen LogP contribution in [0.2, 0.25) is 0 Å². The average molecular weight is 248 g/mol. The molecule has 0 fully saturated rings. The van der Waals surface area contributed by atoms with Crippen LogP contribution in [0.3, 0.4) is 0 Å². The third-order valence-corrected chi connectivity index (χ3v) is 2.99. The molecule has 1 aromatic carbocycles. The maximum absolute atomic E-state index is 11.4. The van der Waals surface area contributed by atoms with Crippen molar-refractivity contribution in [1.82, 2.24) is 0 Å². The molecule has 1 heterocycles. The number of fused-ring (bicyclic) bond motifs is 1. The number of aliphatic hydroxyl groups excluding tert-OH is 1. The molecule has 1 amide bonds. The van der Waals surface area contributed by atoms with E-state index in [2.05, 4.69) is 31.0 Å². The molecule has 18 heavy (non-hydrogen) atoms. The van der Waals surface area contributed by atoms with Gasteiger partial charge in [-0.3, -0.25) is 4.79 Å². The second-order valence-electron chi connectivity index (χ2n) is 6.08. The molecule has 0 saturated heterocycles. The number of nitrogens with one attached hydrogen (secondary N) is 1. The highest BCUT2D eigenvalue weighted by Gasteiger charge is 2.28. The first kappa shape index (κ1) is 12.9. The Kier molecular flexibility index (Phi) is 3.07. The van der Waals surface area contributed by atoms with E-state index in [1.807, 2.05) is 25.2 Å². The van der Waals surface area contributed by atoms with Gasteiger partial charge in [-0.1, -0.05) is 26.8 Å². The third-order valence-electron chi connectivity index (χ3n) is 2.99. The van der Waals surface area contributed by atoms with Gasteiger partial charge in [0.2, 0.25) is 0 Å². The van der Waals surface area contributed by atoms with Gasteiger partial charge >= 0.3 is 0 Å². The quantitative estimate of drug-likeness (QED) is 0.843. The third kappa shape index (κ3) is 2.48. The molecule has 0 saturated carbocycles. The summed E-state index contributed by atoms with van der Waals surface area (Å²) in [6.45, 7) is 7.47. The summed E-state index contributed by atoms with van der Waals surface area (Å²) in [5.41, 5.74) is 2.62. The lowest BCUT2D eigenvalue weighted by atomic mass is 9.96. The van der Waals surface area contributed by atoms with Gasteiger partial charge < -0.3 is 15.3 Å². The van der Waals surface area contributed by atoms with Gasteiger partial charge in [0.1, 0.15) is 0 Å². The van der Waals surface area contributed by atoms with E-state index in [-0.39, 0.29) is 11.3 Å². The molecule has 2 rings (SSSR count). The number of aliphatic hydroxyl groups is 1. The van der Waals surface area contributed by atoms with Gasteiger partial charge in [0, 0.05) is 30.5 Å². The van der Waals surface area contributed by atoms with Crippen LogP contribution >= 0.6 is 0 Å².